The van der Waals surface area contributed by atoms with Gasteiger partial charge in [0.25, 0.3) is 11.7 Å². The number of benzene rings is 2. The molecular weight excluding hydrogens is 475 g/mol. The highest BCUT2D eigenvalue weighted by Crippen LogP contribution is 2.40. The highest BCUT2D eigenvalue weighted by molar-refractivity contribution is 6.46. The summed E-state index contributed by atoms with van der Waals surface area (Å²) in [4.78, 5) is 30.0. The van der Waals surface area contributed by atoms with Gasteiger partial charge in [-0.05, 0) is 55.4 Å². The molecular formula is C29H37FN2O5. The molecule has 8 heteroatoms. The van der Waals surface area contributed by atoms with E-state index in [1.807, 2.05) is 13.8 Å². The number of rotatable bonds is 13. The normalized spacial score (nSPS) is 17.0. The number of Topliss-reactive ketones (excluding diaryl/α,β-unsaturated/α-hetero) is 1. The van der Waals surface area contributed by atoms with Crippen LogP contribution in [-0.2, 0) is 9.59 Å². The number of carbonyl (C=O) groups excluding carboxylic acids is 2. The Bertz CT molecular complexity index is 1110. The molecule has 1 amide bonds. The van der Waals surface area contributed by atoms with E-state index < -0.39 is 29.3 Å². The minimum absolute atomic E-state index is 0.0160. The SMILES string of the molecule is CCCCCOc1ccc(C2/C(=C(\O)c3ccc(OC)c(F)c3)C(=O)C(=O)N2CCN(CC)CC)cc1. The first-order chi connectivity index (χ1) is 17.9. The van der Waals surface area contributed by atoms with E-state index >= 15 is 0 Å². The lowest BCUT2D eigenvalue weighted by molar-refractivity contribution is -0.140. The molecule has 1 aliphatic heterocycles. The summed E-state index contributed by atoms with van der Waals surface area (Å²) in [6, 6.07) is 10.3. The molecule has 1 fully saturated rings. The number of methoxy groups -OCH3 is 1. The van der Waals surface area contributed by atoms with E-state index in [-0.39, 0.29) is 16.9 Å². The van der Waals surface area contributed by atoms with Crippen LogP contribution < -0.4 is 9.47 Å². The van der Waals surface area contributed by atoms with Gasteiger partial charge in [0.2, 0.25) is 0 Å². The maximum Gasteiger partial charge on any atom is 0.295 e. The molecule has 2 aromatic rings. The van der Waals surface area contributed by atoms with Crippen molar-refractivity contribution >= 4 is 17.4 Å². The molecule has 0 radical (unpaired) electrons. The maximum atomic E-state index is 14.4. The fraction of sp³-hybridized carbons (Fsp3) is 0.448. The van der Waals surface area contributed by atoms with E-state index in [0.29, 0.717) is 31.0 Å². The van der Waals surface area contributed by atoms with Crippen molar-refractivity contribution < 1.29 is 28.6 Å². The number of aliphatic hydroxyl groups is 1. The molecule has 2 aromatic carbocycles. The van der Waals surface area contributed by atoms with Crippen molar-refractivity contribution in [1.82, 2.24) is 9.80 Å². The van der Waals surface area contributed by atoms with Crippen LogP contribution in [0.25, 0.3) is 5.76 Å². The fourth-order valence-corrected chi connectivity index (χ4v) is 4.50. The van der Waals surface area contributed by atoms with Gasteiger partial charge in [0, 0.05) is 18.7 Å². The van der Waals surface area contributed by atoms with E-state index in [0.717, 1.165) is 38.4 Å². The van der Waals surface area contributed by atoms with Gasteiger partial charge in [-0.1, -0.05) is 45.7 Å². The smallest absolute Gasteiger partial charge is 0.295 e. The van der Waals surface area contributed by atoms with Crippen LogP contribution in [0, 0.1) is 5.82 Å². The van der Waals surface area contributed by atoms with Crippen LogP contribution in [0.2, 0.25) is 0 Å². The van der Waals surface area contributed by atoms with Gasteiger partial charge in [-0.25, -0.2) is 4.39 Å². The van der Waals surface area contributed by atoms with E-state index in [1.165, 1.54) is 24.1 Å². The summed E-state index contributed by atoms with van der Waals surface area (Å²) in [5.74, 6) is -1.87. The van der Waals surface area contributed by atoms with E-state index in [9.17, 15) is 19.1 Å². The van der Waals surface area contributed by atoms with E-state index in [1.54, 1.807) is 24.3 Å². The number of hydrogen-bond donors (Lipinski definition) is 1. The molecule has 0 saturated carbocycles. The van der Waals surface area contributed by atoms with Crippen molar-refractivity contribution in [3.05, 3.63) is 65.0 Å². The van der Waals surface area contributed by atoms with Crippen molar-refractivity contribution in [1.29, 1.82) is 0 Å². The van der Waals surface area contributed by atoms with Gasteiger partial charge in [-0.3, -0.25) is 9.59 Å². The summed E-state index contributed by atoms with van der Waals surface area (Å²) in [6.07, 6.45) is 3.15. The van der Waals surface area contributed by atoms with Gasteiger partial charge >= 0.3 is 0 Å². The first-order valence-electron chi connectivity index (χ1n) is 12.9. The van der Waals surface area contributed by atoms with Gasteiger partial charge in [-0.15, -0.1) is 0 Å². The molecule has 0 aliphatic carbocycles. The Morgan fingerprint density at radius 2 is 1.76 bits per heavy atom. The number of halogens is 1. The highest BCUT2D eigenvalue weighted by Gasteiger charge is 2.46. The molecule has 0 spiro atoms. The average Bonchev–Trinajstić information content (AvgIpc) is 3.16. The topological polar surface area (TPSA) is 79.3 Å². The Morgan fingerprint density at radius 3 is 2.35 bits per heavy atom. The number of ketones is 1. The minimum Gasteiger partial charge on any atom is -0.507 e. The number of likely N-dealkylation sites (tertiary alicyclic amines) is 1. The second-order valence-electron chi connectivity index (χ2n) is 8.99. The van der Waals surface area contributed by atoms with Gasteiger partial charge in [0.1, 0.15) is 11.5 Å². The Hall–Kier alpha value is -3.39. The zero-order valence-corrected chi connectivity index (χ0v) is 22.1. The van der Waals surface area contributed by atoms with E-state index in [2.05, 4.69) is 11.8 Å². The van der Waals surface area contributed by atoms with Gasteiger partial charge in [0.05, 0.1) is 25.3 Å². The molecule has 1 saturated heterocycles. The van der Waals surface area contributed by atoms with Crippen molar-refractivity contribution in [2.75, 3.05) is 39.9 Å². The number of amides is 1. The number of unbranched alkanes of at least 4 members (excludes halogenated alkanes) is 2. The summed E-state index contributed by atoms with van der Waals surface area (Å²) in [5, 5.41) is 11.2. The Labute approximate surface area is 218 Å². The van der Waals surface area contributed by atoms with Gasteiger partial charge < -0.3 is 24.4 Å². The summed E-state index contributed by atoms with van der Waals surface area (Å²) in [6.45, 7) is 9.30. The van der Waals surface area contributed by atoms with Gasteiger partial charge in [-0.2, -0.15) is 0 Å². The molecule has 3 rings (SSSR count). The monoisotopic (exact) mass is 512 g/mol. The van der Waals surface area contributed by atoms with Gasteiger partial charge in [0.15, 0.2) is 11.6 Å². The zero-order chi connectivity index (χ0) is 26.9. The molecule has 1 atom stereocenters. The quantitative estimate of drug-likeness (QED) is 0.173. The van der Waals surface area contributed by atoms with Crippen LogP contribution >= 0.6 is 0 Å². The number of likely N-dealkylation sites (N-methyl/N-ethyl adjacent to an activating group) is 1. The Morgan fingerprint density at radius 1 is 1.05 bits per heavy atom. The average molecular weight is 513 g/mol. The molecule has 37 heavy (non-hydrogen) atoms. The maximum absolute atomic E-state index is 14.4. The second kappa shape index (κ2) is 13.2. The number of nitrogens with zero attached hydrogens (tertiary/aromatic N) is 2. The molecule has 7 nitrogen and oxygen atoms in total. The number of hydrogen-bond acceptors (Lipinski definition) is 6. The summed E-state index contributed by atoms with van der Waals surface area (Å²) >= 11 is 0. The zero-order valence-electron chi connectivity index (χ0n) is 22.1. The lowest BCUT2D eigenvalue weighted by Crippen LogP contribution is -2.38. The predicted octanol–water partition coefficient (Wildman–Crippen LogP) is 5.17. The largest absolute Gasteiger partial charge is 0.507 e. The minimum atomic E-state index is -0.810. The third-order valence-corrected chi connectivity index (χ3v) is 6.73. The van der Waals surface area contributed by atoms with Crippen LogP contribution in [0.3, 0.4) is 0 Å². The Balaban J connectivity index is 2.01. The van der Waals surface area contributed by atoms with Crippen LogP contribution in [0.15, 0.2) is 48.0 Å². The summed E-state index contributed by atoms with van der Waals surface area (Å²) in [7, 11) is 1.34. The number of carbonyl (C=O) groups is 2. The molecule has 1 N–H and O–H groups in total. The molecule has 0 bridgehead atoms. The fourth-order valence-electron chi connectivity index (χ4n) is 4.50. The molecule has 1 unspecified atom stereocenters. The third kappa shape index (κ3) is 6.49. The lowest BCUT2D eigenvalue weighted by atomic mass is 9.95. The predicted molar refractivity (Wildman–Crippen MR) is 141 cm³/mol. The van der Waals surface area contributed by atoms with Crippen LogP contribution in [0.1, 0.15) is 57.2 Å². The molecule has 0 aromatic heterocycles. The molecule has 1 aliphatic rings. The van der Waals surface area contributed by atoms with Crippen LogP contribution in [0.5, 0.6) is 11.5 Å². The summed E-state index contributed by atoms with van der Waals surface area (Å²) in [5.41, 5.74) is 0.696. The standard InChI is InChI=1S/C29H37FN2O5/c1-5-8-9-18-37-22-13-10-20(11-14-22)26-25(27(33)21-12-15-24(36-4)23(30)19-21)28(34)29(35)32(26)17-16-31(6-2)7-3/h10-15,19,26,33H,5-9,16-18H2,1-4H3/b27-25+. The Kier molecular flexibility index (Phi) is 10.1. The van der Waals surface area contributed by atoms with Crippen LogP contribution in [0.4, 0.5) is 4.39 Å². The first-order valence-corrected chi connectivity index (χ1v) is 12.9. The van der Waals surface area contributed by atoms with E-state index in [4.69, 9.17) is 9.47 Å². The van der Waals surface area contributed by atoms with Crippen LogP contribution in [-0.4, -0.2) is 66.5 Å². The number of ether oxygens (including phenoxy) is 2. The van der Waals surface area contributed by atoms with Crippen molar-refractivity contribution in [3.8, 4) is 11.5 Å². The van der Waals surface area contributed by atoms with Crippen molar-refractivity contribution in [2.45, 2.75) is 46.1 Å². The summed E-state index contributed by atoms with van der Waals surface area (Å²) < 4.78 is 25.2. The molecule has 200 valence electrons. The lowest BCUT2D eigenvalue weighted by Gasteiger charge is -2.28. The van der Waals surface area contributed by atoms with Crippen molar-refractivity contribution in [3.63, 3.8) is 0 Å². The highest BCUT2D eigenvalue weighted by atomic mass is 19.1. The second-order valence-corrected chi connectivity index (χ2v) is 8.99. The first kappa shape index (κ1) is 28.2. The third-order valence-electron chi connectivity index (χ3n) is 6.73. The van der Waals surface area contributed by atoms with Crippen molar-refractivity contribution in [2.24, 2.45) is 0 Å². The molecule has 1 heterocycles. The number of aliphatic hydroxyl groups excluding tert-OH is 1.